The molecule has 2 rings (SSSR count). The van der Waals surface area contributed by atoms with Crippen molar-refractivity contribution in [2.45, 2.75) is 13.1 Å². The van der Waals surface area contributed by atoms with Crippen LogP contribution in [0.4, 0.5) is 0 Å². The number of benzene rings is 1. The summed E-state index contributed by atoms with van der Waals surface area (Å²) in [5, 5.41) is 10.1. The van der Waals surface area contributed by atoms with Crippen molar-refractivity contribution in [1.29, 1.82) is 0 Å². The van der Waals surface area contributed by atoms with Crippen LogP contribution >= 0.6 is 24.0 Å². The topological polar surface area (TPSA) is 65.5 Å². The number of aromatic nitrogens is 2. The highest BCUT2D eigenvalue weighted by Gasteiger charge is 2.07. The molecule has 7 heteroatoms. The van der Waals surface area contributed by atoms with Crippen molar-refractivity contribution in [2.24, 2.45) is 4.99 Å². The highest BCUT2D eigenvalue weighted by molar-refractivity contribution is 14.0. The Labute approximate surface area is 148 Å². The number of methoxy groups -OCH3 is 1. The second-order valence-electron chi connectivity index (χ2n) is 4.69. The maximum absolute atomic E-state index is 5.16. The Bertz CT molecular complexity index is 568. The van der Waals surface area contributed by atoms with E-state index in [0.717, 1.165) is 23.9 Å². The molecule has 0 saturated heterocycles. The minimum Gasteiger partial charge on any atom is -0.497 e. The van der Waals surface area contributed by atoms with E-state index in [2.05, 4.69) is 37.5 Å². The number of aromatic amines is 1. The summed E-state index contributed by atoms with van der Waals surface area (Å²) in [5.74, 6) is 1.70. The van der Waals surface area contributed by atoms with E-state index >= 15 is 0 Å². The van der Waals surface area contributed by atoms with Crippen LogP contribution in [0.1, 0.15) is 11.3 Å². The van der Waals surface area contributed by atoms with Gasteiger partial charge in [0.15, 0.2) is 5.96 Å². The van der Waals surface area contributed by atoms with Gasteiger partial charge in [-0.05, 0) is 23.8 Å². The minimum absolute atomic E-state index is 0. The molecule has 0 bridgehead atoms. The Morgan fingerprint density at radius 3 is 2.59 bits per heavy atom. The Morgan fingerprint density at radius 2 is 2.05 bits per heavy atom. The van der Waals surface area contributed by atoms with Gasteiger partial charge in [-0.25, -0.2) is 0 Å². The number of aliphatic imine (C=N–C) groups is 1. The largest absolute Gasteiger partial charge is 0.497 e. The second kappa shape index (κ2) is 9.29. The fraction of sp³-hybridized carbons (Fsp3) is 0.333. The van der Waals surface area contributed by atoms with Crippen LogP contribution in [0, 0.1) is 0 Å². The summed E-state index contributed by atoms with van der Waals surface area (Å²) in [5.41, 5.74) is 2.22. The lowest BCUT2D eigenvalue weighted by atomic mass is 10.2. The number of H-pyrrole nitrogens is 1. The van der Waals surface area contributed by atoms with Crippen molar-refractivity contribution < 1.29 is 4.74 Å². The van der Waals surface area contributed by atoms with Crippen LogP contribution in [0.25, 0.3) is 0 Å². The summed E-state index contributed by atoms with van der Waals surface area (Å²) >= 11 is 0. The average Bonchev–Trinajstić information content (AvgIpc) is 3.02. The van der Waals surface area contributed by atoms with Gasteiger partial charge in [0.05, 0.1) is 19.3 Å². The molecular weight excluding hydrogens is 393 g/mol. The summed E-state index contributed by atoms with van der Waals surface area (Å²) in [7, 11) is 5.45. The summed E-state index contributed by atoms with van der Waals surface area (Å²) in [6, 6.07) is 9.96. The van der Waals surface area contributed by atoms with Gasteiger partial charge in [-0.3, -0.25) is 10.1 Å². The highest BCUT2D eigenvalue weighted by atomic mass is 127. The van der Waals surface area contributed by atoms with E-state index in [1.807, 2.05) is 25.2 Å². The number of hydrogen-bond acceptors (Lipinski definition) is 3. The Kier molecular flexibility index (Phi) is 7.72. The van der Waals surface area contributed by atoms with Crippen LogP contribution < -0.4 is 10.1 Å². The van der Waals surface area contributed by atoms with Gasteiger partial charge in [-0.2, -0.15) is 5.10 Å². The molecule has 0 atom stereocenters. The SMILES string of the molecule is CN=C(NCc1ccn[nH]1)N(C)Cc1ccc(OC)cc1.I. The van der Waals surface area contributed by atoms with Gasteiger partial charge in [-0.1, -0.05) is 12.1 Å². The zero-order chi connectivity index (χ0) is 15.1. The highest BCUT2D eigenvalue weighted by Crippen LogP contribution is 2.12. The Morgan fingerprint density at radius 1 is 1.32 bits per heavy atom. The third-order valence-corrected chi connectivity index (χ3v) is 3.15. The van der Waals surface area contributed by atoms with Crippen molar-refractivity contribution >= 4 is 29.9 Å². The Balaban J connectivity index is 0.00000242. The lowest BCUT2D eigenvalue weighted by molar-refractivity contribution is 0.414. The number of guanidine groups is 1. The van der Waals surface area contributed by atoms with E-state index in [1.54, 1.807) is 20.4 Å². The first-order chi connectivity index (χ1) is 10.2. The standard InChI is InChI=1S/C15H21N5O.HI/c1-16-15(17-10-13-8-9-18-19-13)20(2)11-12-4-6-14(21-3)7-5-12;/h4-9H,10-11H2,1-3H3,(H,16,17)(H,18,19);1H. The smallest absolute Gasteiger partial charge is 0.194 e. The van der Waals surface area contributed by atoms with E-state index in [4.69, 9.17) is 4.74 Å². The predicted molar refractivity (Wildman–Crippen MR) is 98.7 cm³/mol. The van der Waals surface area contributed by atoms with Crippen molar-refractivity contribution in [3.05, 3.63) is 47.8 Å². The van der Waals surface area contributed by atoms with Gasteiger partial charge >= 0.3 is 0 Å². The molecule has 6 nitrogen and oxygen atoms in total. The molecule has 22 heavy (non-hydrogen) atoms. The first-order valence-electron chi connectivity index (χ1n) is 6.76. The summed E-state index contributed by atoms with van der Waals surface area (Å²) in [4.78, 5) is 6.36. The lowest BCUT2D eigenvalue weighted by Crippen LogP contribution is -2.38. The van der Waals surface area contributed by atoms with Gasteiger partial charge in [0.25, 0.3) is 0 Å². The number of nitrogens with zero attached hydrogens (tertiary/aromatic N) is 3. The molecule has 0 saturated carbocycles. The number of halogens is 1. The predicted octanol–water partition coefficient (Wildman–Crippen LogP) is 2.24. The van der Waals surface area contributed by atoms with Gasteiger partial charge in [0.2, 0.25) is 0 Å². The van der Waals surface area contributed by atoms with Crippen LogP contribution in [0.2, 0.25) is 0 Å². The fourth-order valence-corrected chi connectivity index (χ4v) is 2.02. The molecule has 0 fully saturated rings. The summed E-state index contributed by atoms with van der Waals surface area (Å²) in [6.45, 7) is 1.44. The average molecular weight is 415 g/mol. The molecular formula is C15H22IN5O. The van der Waals surface area contributed by atoms with Crippen LogP contribution in [0.5, 0.6) is 5.75 Å². The molecule has 2 aromatic rings. The monoisotopic (exact) mass is 415 g/mol. The van der Waals surface area contributed by atoms with Crippen molar-refractivity contribution in [3.8, 4) is 5.75 Å². The van der Waals surface area contributed by atoms with E-state index in [0.29, 0.717) is 6.54 Å². The van der Waals surface area contributed by atoms with Crippen LogP contribution in [-0.2, 0) is 13.1 Å². The van der Waals surface area contributed by atoms with Crippen molar-refractivity contribution in [2.75, 3.05) is 21.2 Å². The molecule has 0 radical (unpaired) electrons. The third-order valence-electron chi connectivity index (χ3n) is 3.15. The second-order valence-corrected chi connectivity index (χ2v) is 4.69. The summed E-state index contributed by atoms with van der Waals surface area (Å²) in [6.07, 6.45) is 1.74. The fourth-order valence-electron chi connectivity index (χ4n) is 2.02. The Hall–Kier alpha value is -1.77. The van der Waals surface area contributed by atoms with Crippen LogP contribution in [0.3, 0.4) is 0 Å². The quantitative estimate of drug-likeness (QED) is 0.447. The third kappa shape index (κ3) is 5.21. The molecule has 1 aromatic heterocycles. The first-order valence-corrected chi connectivity index (χ1v) is 6.76. The van der Waals surface area contributed by atoms with Crippen molar-refractivity contribution in [3.63, 3.8) is 0 Å². The minimum atomic E-state index is 0. The molecule has 0 amide bonds. The molecule has 1 aromatic carbocycles. The van der Waals surface area contributed by atoms with E-state index < -0.39 is 0 Å². The van der Waals surface area contributed by atoms with E-state index in [9.17, 15) is 0 Å². The molecule has 0 aliphatic heterocycles. The summed E-state index contributed by atoms with van der Waals surface area (Å²) < 4.78 is 5.16. The maximum atomic E-state index is 5.16. The molecule has 0 aliphatic rings. The molecule has 0 unspecified atom stereocenters. The van der Waals surface area contributed by atoms with Crippen molar-refractivity contribution in [1.82, 2.24) is 20.4 Å². The van der Waals surface area contributed by atoms with Crippen LogP contribution in [0.15, 0.2) is 41.5 Å². The number of rotatable bonds is 5. The molecule has 1 heterocycles. The number of ether oxygens (including phenoxy) is 1. The van der Waals surface area contributed by atoms with Gasteiger partial charge in [0.1, 0.15) is 5.75 Å². The van der Waals surface area contributed by atoms with E-state index in [1.165, 1.54) is 5.56 Å². The van der Waals surface area contributed by atoms with E-state index in [-0.39, 0.29) is 24.0 Å². The lowest BCUT2D eigenvalue weighted by Gasteiger charge is -2.22. The number of nitrogens with one attached hydrogen (secondary N) is 2. The molecule has 0 spiro atoms. The normalized spacial score (nSPS) is 10.8. The zero-order valence-corrected chi connectivity index (χ0v) is 15.4. The molecule has 0 aliphatic carbocycles. The number of hydrogen-bond donors (Lipinski definition) is 2. The first kappa shape index (κ1) is 18.3. The zero-order valence-electron chi connectivity index (χ0n) is 13.0. The van der Waals surface area contributed by atoms with Gasteiger partial charge in [0, 0.05) is 26.8 Å². The van der Waals surface area contributed by atoms with Crippen LogP contribution in [-0.4, -0.2) is 42.3 Å². The van der Waals surface area contributed by atoms with Gasteiger partial charge in [-0.15, -0.1) is 24.0 Å². The maximum Gasteiger partial charge on any atom is 0.194 e. The molecule has 2 N–H and O–H groups in total. The van der Waals surface area contributed by atoms with Gasteiger partial charge < -0.3 is 15.0 Å². The molecule has 120 valence electrons.